The van der Waals surface area contributed by atoms with Crippen molar-refractivity contribution in [3.63, 3.8) is 0 Å². The average molecular weight is 494 g/mol. The highest BCUT2D eigenvalue weighted by molar-refractivity contribution is 5.67. The van der Waals surface area contributed by atoms with Gasteiger partial charge < -0.3 is 33.9 Å². The Kier molecular flexibility index (Phi) is 4.52. The van der Waals surface area contributed by atoms with Crippen molar-refractivity contribution >= 4 is 5.97 Å². The van der Waals surface area contributed by atoms with Crippen LogP contribution >= 0.6 is 0 Å². The number of hydrogen-bond donors (Lipinski definition) is 2. The Morgan fingerprint density at radius 1 is 1.17 bits per heavy atom. The lowest BCUT2D eigenvalue weighted by Crippen LogP contribution is -2.85. The number of esters is 1. The van der Waals surface area contributed by atoms with Crippen molar-refractivity contribution in [2.24, 2.45) is 28.6 Å². The van der Waals surface area contributed by atoms with E-state index in [1.807, 2.05) is 0 Å². The molecule has 2 saturated heterocycles. The van der Waals surface area contributed by atoms with Crippen LogP contribution in [0.1, 0.15) is 46.5 Å². The van der Waals surface area contributed by atoms with Crippen LogP contribution in [-0.4, -0.2) is 102 Å². The summed E-state index contributed by atoms with van der Waals surface area (Å²) in [5, 5.41) is 24.7. The minimum absolute atomic E-state index is 0.0311. The maximum absolute atomic E-state index is 13.3. The van der Waals surface area contributed by atoms with E-state index in [0.717, 1.165) is 25.9 Å². The lowest BCUT2D eigenvalue weighted by atomic mass is 9.41. The fraction of sp³-hybridized carbons (Fsp3) is 0.962. The van der Waals surface area contributed by atoms with Crippen LogP contribution in [0.3, 0.4) is 0 Å². The first-order valence-corrected chi connectivity index (χ1v) is 13.3. The number of carbonyl (C=O) groups is 1. The van der Waals surface area contributed by atoms with E-state index < -0.39 is 40.3 Å². The maximum atomic E-state index is 13.3. The predicted molar refractivity (Wildman–Crippen MR) is 121 cm³/mol. The van der Waals surface area contributed by atoms with E-state index in [4.69, 9.17) is 23.7 Å². The molecule has 9 heteroatoms. The lowest BCUT2D eigenvalue weighted by Gasteiger charge is -2.71. The van der Waals surface area contributed by atoms with Crippen molar-refractivity contribution in [1.82, 2.24) is 4.90 Å². The van der Waals surface area contributed by atoms with Crippen molar-refractivity contribution in [2.75, 3.05) is 34.1 Å². The molecule has 0 aromatic carbocycles. The number of hydrogen-bond acceptors (Lipinski definition) is 9. The van der Waals surface area contributed by atoms with E-state index in [2.05, 4.69) is 18.7 Å². The molecule has 1 unspecified atom stereocenters. The van der Waals surface area contributed by atoms with Crippen LogP contribution in [0.5, 0.6) is 0 Å². The Bertz CT molecular complexity index is 964. The predicted octanol–water partition coefficient (Wildman–Crippen LogP) is 0.696. The first-order chi connectivity index (χ1) is 16.6. The molecule has 0 radical (unpaired) electrons. The van der Waals surface area contributed by atoms with Crippen molar-refractivity contribution in [3.05, 3.63) is 0 Å². The van der Waals surface area contributed by atoms with Crippen LogP contribution in [0, 0.1) is 28.6 Å². The number of aliphatic hydroxyl groups is 2. The molecule has 196 valence electrons. The zero-order chi connectivity index (χ0) is 24.8. The van der Waals surface area contributed by atoms with E-state index in [0.29, 0.717) is 12.8 Å². The molecule has 9 nitrogen and oxygen atoms in total. The van der Waals surface area contributed by atoms with Gasteiger partial charge in [-0.2, -0.15) is 0 Å². The zero-order valence-corrected chi connectivity index (χ0v) is 21.4. The molecule has 7 bridgehead atoms. The largest absolute Gasteiger partial charge is 0.459 e. The highest BCUT2D eigenvalue weighted by atomic mass is 16.7. The molecule has 0 aromatic rings. The van der Waals surface area contributed by atoms with Gasteiger partial charge in [0.15, 0.2) is 5.60 Å². The number of fused-ring (bicyclic) bond motifs is 1. The number of rotatable bonds is 4. The zero-order valence-electron chi connectivity index (χ0n) is 21.4. The highest BCUT2D eigenvalue weighted by Crippen LogP contribution is 2.83. The Balaban J connectivity index is 1.62. The second kappa shape index (κ2) is 6.79. The smallest absolute Gasteiger partial charge is 0.303 e. The maximum Gasteiger partial charge on any atom is 0.303 e. The molecule has 35 heavy (non-hydrogen) atoms. The van der Waals surface area contributed by atoms with E-state index in [1.54, 1.807) is 14.2 Å². The van der Waals surface area contributed by atoms with Crippen LogP contribution in [0.4, 0.5) is 0 Å². The van der Waals surface area contributed by atoms with Gasteiger partial charge in [-0.3, -0.25) is 9.69 Å². The molecule has 7 fully saturated rings. The monoisotopic (exact) mass is 493 g/mol. The van der Waals surface area contributed by atoms with E-state index in [1.165, 1.54) is 6.92 Å². The number of piperidine rings is 1. The summed E-state index contributed by atoms with van der Waals surface area (Å²) >= 11 is 0. The SMILES string of the molecule is CCN1C[C@]2(C)CC[C@H](OC)[C@@]34C1[C@]1(OCO[C@@]15C[C@H](O)[C@H]1C[C@]3(O)[C@@H]5[C@H]1OC)[C@@H](OC(C)=O)[C@H]24. The van der Waals surface area contributed by atoms with Crippen molar-refractivity contribution in [3.8, 4) is 0 Å². The molecule has 5 saturated carbocycles. The van der Waals surface area contributed by atoms with Crippen LogP contribution in [0.25, 0.3) is 0 Å². The topological polar surface area (TPSA) is 107 Å². The second-order valence-electron chi connectivity index (χ2n) is 12.7. The molecule has 5 aliphatic carbocycles. The Hall–Kier alpha value is -0.810. The molecule has 2 N–H and O–H groups in total. The quantitative estimate of drug-likeness (QED) is 0.547. The molecule has 7 aliphatic rings. The molecule has 2 heterocycles. The number of nitrogens with zero attached hydrogens (tertiary/aromatic N) is 1. The summed E-state index contributed by atoms with van der Waals surface area (Å²) in [5.41, 5.74) is -4.30. The van der Waals surface area contributed by atoms with Gasteiger partial charge in [-0.05, 0) is 31.2 Å². The first-order valence-electron chi connectivity index (χ1n) is 13.3. The van der Waals surface area contributed by atoms with Crippen LogP contribution in [-0.2, 0) is 28.5 Å². The molecule has 0 amide bonds. The standard InChI is InChI=1S/C26H39NO8/c1-6-27-11-22(3)8-7-16(31-4)25-19(22)20(35-13(2)28)26(21(25)27)24(33-12-34-26)10-15(29)14-9-23(25,30)18(24)17(14)32-5/h14-21,29-30H,6-12H2,1-5H3/t14-,15+,16+,17+,18+,19-,20+,21?,22+,23+,24-,25-,26-/m1/s1. The van der Waals surface area contributed by atoms with Gasteiger partial charge in [-0.25, -0.2) is 0 Å². The highest BCUT2D eigenvalue weighted by Gasteiger charge is 2.97. The normalized spacial score (nSPS) is 61.6. The summed E-state index contributed by atoms with van der Waals surface area (Å²) in [6.07, 6.45) is 0.473. The van der Waals surface area contributed by atoms with Gasteiger partial charge >= 0.3 is 5.97 Å². The minimum Gasteiger partial charge on any atom is -0.459 e. The summed E-state index contributed by atoms with van der Waals surface area (Å²) in [4.78, 5) is 15.1. The number of ether oxygens (including phenoxy) is 5. The Morgan fingerprint density at radius 3 is 2.60 bits per heavy atom. The lowest BCUT2D eigenvalue weighted by molar-refractivity contribution is -0.332. The Labute approximate surface area is 206 Å². The van der Waals surface area contributed by atoms with Crippen molar-refractivity contribution < 1.29 is 38.7 Å². The van der Waals surface area contributed by atoms with E-state index >= 15 is 0 Å². The Morgan fingerprint density at radius 2 is 1.94 bits per heavy atom. The molecule has 13 atom stereocenters. The second-order valence-corrected chi connectivity index (χ2v) is 12.7. The van der Waals surface area contributed by atoms with Gasteiger partial charge in [0.25, 0.3) is 0 Å². The van der Waals surface area contributed by atoms with Crippen LogP contribution < -0.4 is 0 Å². The molecule has 7 rings (SSSR count). The number of methoxy groups -OCH3 is 2. The fourth-order valence-electron chi connectivity index (χ4n) is 11.5. The van der Waals surface area contributed by atoms with Crippen LogP contribution in [0.2, 0.25) is 0 Å². The molecule has 3 spiro atoms. The number of carbonyl (C=O) groups excluding carboxylic acids is 1. The third kappa shape index (κ3) is 2.09. The average Bonchev–Trinajstić information content (AvgIpc) is 3.36. The van der Waals surface area contributed by atoms with Crippen LogP contribution in [0.15, 0.2) is 0 Å². The van der Waals surface area contributed by atoms with Gasteiger partial charge in [-0.1, -0.05) is 13.8 Å². The summed E-state index contributed by atoms with van der Waals surface area (Å²) in [5.74, 6) is -1.16. The number of likely N-dealkylation sites (tertiary alicyclic amines) is 1. The fourth-order valence-corrected chi connectivity index (χ4v) is 11.5. The van der Waals surface area contributed by atoms with E-state index in [-0.39, 0.29) is 48.3 Å². The summed E-state index contributed by atoms with van der Waals surface area (Å²) in [7, 11) is 3.40. The third-order valence-corrected chi connectivity index (χ3v) is 11.9. The van der Waals surface area contributed by atoms with Gasteiger partial charge in [-0.15, -0.1) is 0 Å². The van der Waals surface area contributed by atoms with Crippen molar-refractivity contribution in [2.45, 2.75) is 93.7 Å². The third-order valence-electron chi connectivity index (χ3n) is 11.9. The first kappa shape index (κ1) is 23.3. The summed E-state index contributed by atoms with van der Waals surface area (Å²) in [6, 6.07) is -0.280. The number of likely N-dealkylation sites (N-methyl/N-ethyl adjacent to an activating group) is 1. The molecular weight excluding hydrogens is 454 g/mol. The molecule has 2 aliphatic heterocycles. The minimum atomic E-state index is -1.24. The summed E-state index contributed by atoms with van der Waals surface area (Å²) < 4.78 is 32.1. The van der Waals surface area contributed by atoms with E-state index in [9.17, 15) is 15.0 Å². The molecule has 0 aromatic heterocycles. The van der Waals surface area contributed by atoms with Gasteiger partial charge in [0.05, 0.1) is 35.4 Å². The van der Waals surface area contributed by atoms with Crippen molar-refractivity contribution in [1.29, 1.82) is 0 Å². The molecular formula is C26H39NO8. The summed E-state index contributed by atoms with van der Waals surface area (Å²) in [6.45, 7) is 7.51. The van der Waals surface area contributed by atoms with Gasteiger partial charge in [0, 0.05) is 51.9 Å². The number of aliphatic hydroxyl groups excluding tert-OH is 1. The van der Waals surface area contributed by atoms with Gasteiger partial charge in [0.1, 0.15) is 18.5 Å². The van der Waals surface area contributed by atoms with Gasteiger partial charge in [0.2, 0.25) is 0 Å².